The van der Waals surface area contributed by atoms with E-state index >= 15 is 17.6 Å². The molecule has 548 valence electrons. The number of carbonyl (C=O) groups is 2. The van der Waals surface area contributed by atoms with Gasteiger partial charge in [0.25, 0.3) is 0 Å². The number of hydrogen-bond acceptors (Lipinski definition) is 12. The van der Waals surface area contributed by atoms with Crippen LogP contribution in [0.1, 0.15) is 239 Å². The van der Waals surface area contributed by atoms with E-state index in [0.717, 1.165) is 199 Å². The van der Waals surface area contributed by atoms with Gasteiger partial charge in [-0.25, -0.2) is 17.6 Å². The summed E-state index contributed by atoms with van der Waals surface area (Å²) in [7, 11) is 0. The van der Waals surface area contributed by atoms with E-state index in [2.05, 4.69) is 137 Å². The maximum absolute atomic E-state index is 15.2. The number of thiophene rings is 6. The summed E-state index contributed by atoms with van der Waals surface area (Å²) in [4.78, 5) is 35.2. The van der Waals surface area contributed by atoms with Crippen molar-refractivity contribution in [1.29, 1.82) is 21.0 Å². The standard InChI is InChI=1S/C94H76F4N4O2S6/c1-5-9-13-17-21-53-25-33-59(34-26-53)93(60-35-27-54(28-36-60)22-18-14-10-6-2)79-85-75(43-63(105-85)41-69-77(57(49-99)50-100)65-45-71(95)73(97)47-67(65)83(69)103)107-87(79)89-81(93)91-92(109-89)82-90(110-91)88-80(86-76(108-88)44-64(106-86)42-70-78(58(51-101)52-102)66-46-72(96)74(98)48-68(66)84(70)104)94(82,61-37-29-55(30-38-61)23-19-15-11-7-3)62-39-31-56(32-40-62)24-20-16-12-8-4/h25-48H,5-24H2,1-4H3/b69-41-,70-42-. The second kappa shape index (κ2) is 30.9. The van der Waals surface area contributed by atoms with E-state index in [1.54, 1.807) is 34.8 Å². The van der Waals surface area contributed by atoms with Gasteiger partial charge < -0.3 is 0 Å². The van der Waals surface area contributed by atoms with Crippen LogP contribution in [0.15, 0.2) is 156 Å². The van der Waals surface area contributed by atoms with Gasteiger partial charge in [0.2, 0.25) is 0 Å². The first-order chi connectivity index (χ1) is 53.7. The molecule has 0 saturated heterocycles. The zero-order chi connectivity index (χ0) is 76.3. The molecule has 6 nitrogen and oxygen atoms in total. The van der Waals surface area contributed by atoms with Crippen LogP contribution in [0.4, 0.5) is 17.6 Å². The average molecular weight is 1560 g/mol. The Balaban J connectivity index is 0.970. The summed E-state index contributed by atoms with van der Waals surface area (Å²) in [5.74, 6) is -5.99. The minimum absolute atomic E-state index is 0.00363. The number of carbonyl (C=O) groups excluding carboxylic acids is 2. The molecule has 16 rings (SSSR count). The number of aryl methyl sites for hydroxylation is 4. The second-order valence-corrected chi connectivity index (χ2v) is 35.8. The maximum Gasteiger partial charge on any atom is 0.194 e. The number of fused-ring (bicyclic) bond motifs is 15. The number of hydrogen-bond donors (Lipinski definition) is 0. The molecule has 0 aliphatic heterocycles. The van der Waals surface area contributed by atoms with Crippen molar-refractivity contribution in [2.24, 2.45) is 0 Å². The van der Waals surface area contributed by atoms with E-state index in [0.29, 0.717) is 9.75 Å². The Morgan fingerprint density at radius 2 is 0.618 bits per heavy atom. The van der Waals surface area contributed by atoms with E-state index in [4.69, 9.17) is 0 Å². The first kappa shape index (κ1) is 74.4. The van der Waals surface area contributed by atoms with E-state index in [9.17, 15) is 30.6 Å². The molecule has 110 heavy (non-hydrogen) atoms. The van der Waals surface area contributed by atoms with Crippen LogP contribution >= 0.6 is 68.0 Å². The van der Waals surface area contributed by atoms with Crippen molar-refractivity contribution in [3.05, 3.63) is 278 Å². The molecule has 0 N–H and O–H groups in total. The Morgan fingerprint density at radius 3 is 0.900 bits per heavy atom. The molecule has 6 heterocycles. The predicted molar refractivity (Wildman–Crippen MR) is 446 cm³/mol. The molecular formula is C94H76F4N4O2S6. The number of halogens is 4. The third kappa shape index (κ3) is 12.4. The fourth-order valence-electron chi connectivity index (χ4n) is 17.4. The molecule has 0 spiro atoms. The molecule has 0 unspecified atom stereocenters. The Bertz CT molecular complexity index is 5540. The van der Waals surface area contributed by atoms with Crippen molar-refractivity contribution in [2.45, 2.75) is 167 Å². The normalized spacial score (nSPS) is 14.9. The van der Waals surface area contributed by atoms with Crippen LogP contribution in [0.2, 0.25) is 0 Å². The summed E-state index contributed by atoms with van der Waals surface area (Å²) in [6.45, 7) is 8.94. The first-order valence-electron chi connectivity index (χ1n) is 38.4. The van der Waals surface area contributed by atoms with Gasteiger partial charge in [-0.2, -0.15) is 21.0 Å². The number of Topliss-reactive ketones (excluding diaryl/α,β-unsaturated/α-hetero) is 2. The summed E-state index contributed by atoms with van der Waals surface area (Å²) in [6, 6.07) is 52.9. The van der Waals surface area contributed by atoms with Crippen LogP contribution in [0, 0.1) is 68.6 Å². The van der Waals surface area contributed by atoms with E-state index in [1.807, 2.05) is 47.0 Å². The lowest BCUT2D eigenvalue weighted by Crippen LogP contribution is -2.29. The molecule has 16 heteroatoms. The van der Waals surface area contributed by atoms with Crippen LogP contribution in [0.5, 0.6) is 0 Å². The van der Waals surface area contributed by atoms with Gasteiger partial charge in [0.05, 0.1) is 49.1 Å². The van der Waals surface area contributed by atoms with Crippen LogP contribution in [-0.2, 0) is 36.5 Å². The highest BCUT2D eigenvalue weighted by molar-refractivity contribution is 7.37. The zero-order valence-electron chi connectivity index (χ0n) is 61.6. The largest absolute Gasteiger partial charge is 0.289 e. The molecule has 0 fully saturated rings. The fourth-order valence-corrected chi connectivity index (χ4v) is 26.2. The van der Waals surface area contributed by atoms with Crippen molar-refractivity contribution in [1.82, 2.24) is 0 Å². The minimum Gasteiger partial charge on any atom is -0.289 e. The van der Waals surface area contributed by atoms with Crippen LogP contribution in [0.3, 0.4) is 0 Å². The van der Waals surface area contributed by atoms with Gasteiger partial charge in [-0.15, -0.1) is 68.0 Å². The van der Waals surface area contributed by atoms with Gasteiger partial charge in [0, 0.05) is 74.8 Å². The number of ketones is 2. The highest BCUT2D eigenvalue weighted by Crippen LogP contribution is 2.72. The Labute approximate surface area is 662 Å². The summed E-state index contributed by atoms with van der Waals surface area (Å²) in [5, 5.41) is 41.5. The summed E-state index contributed by atoms with van der Waals surface area (Å²) >= 11 is 10.2. The monoisotopic (exact) mass is 1560 g/mol. The molecule has 6 aromatic heterocycles. The Kier molecular flexibility index (Phi) is 20.9. The Morgan fingerprint density at radius 1 is 0.345 bits per heavy atom. The number of nitrogens with zero attached hydrogens (tertiary/aromatic N) is 4. The third-order valence-corrected chi connectivity index (χ3v) is 30.3. The molecule has 0 amide bonds. The smallest absolute Gasteiger partial charge is 0.194 e. The molecule has 0 radical (unpaired) electrons. The third-order valence-electron chi connectivity index (χ3n) is 22.7. The molecule has 6 aromatic carbocycles. The van der Waals surface area contributed by atoms with Gasteiger partial charge in [-0.05, 0) is 156 Å². The number of benzene rings is 6. The van der Waals surface area contributed by atoms with Crippen molar-refractivity contribution >= 4 is 131 Å². The average Bonchev–Trinajstić information content (AvgIpc) is 1.48. The molecule has 0 atom stereocenters. The quantitative estimate of drug-likeness (QED) is 0.0230. The molecule has 4 aliphatic carbocycles. The lowest BCUT2D eigenvalue weighted by atomic mass is 9.67. The van der Waals surface area contributed by atoms with E-state index in [-0.39, 0.29) is 55.7 Å². The van der Waals surface area contributed by atoms with Gasteiger partial charge >= 0.3 is 0 Å². The van der Waals surface area contributed by atoms with Crippen molar-refractivity contribution < 1.29 is 27.2 Å². The molecule has 12 aromatic rings. The maximum atomic E-state index is 15.2. The van der Waals surface area contributed by atoms with Gasteiger partial charge in [-0.1, -0.05) is 202 Å². The van der Waals surface area contributed by atoms with Crippen molar-refractivity contribution in [2.75, 3.05) is 0 Å². The Hall–Kier alpha value is -9.72. The summed E-state index contributed by atoms with van der Waals surface area (Å²) in [6.07, 6.45) is 25.2. The minimum atomic E-state index is -1.20. The lowest BCUT2D eigenvalue weighted by Gasteiger charge is -2.34. The second-order valence-electron chi connectivity index (χ2n) is 29.4. The van der Waals surface area contributed by atoms with Crippen LogP contribution in [-0.4, -0.2) is 11.6 Å². The van der Waals surface area contributed by atoms with E-state index in [1.165, 1.54) is 91.1 Å². The number of rotatable bonds is 26. The van der Waals surface area contributed by atoms with Gasteiger partial charge in [0.1, 0.15) is 35.4 Å². The van der Waals surface area contributed by atoms with Crippen LogP contribution < -0.4 is 0 Å². The predicted octanol–water partition coefficient (Wildman–Crippen LogP) is 27.5. The first-order valence-corrected chi connectivity index (χ1v) is 43.3. The SMILES string of the molecule is CCCCCCc1ccc(C2(c3ccc(CCCCCC)cc3)c3c(sc4cc(/C=C5\C(=O)c6cc(F)c(F)cc6C5=C(C#N)C#N)sc34)-c3sc4c5c(sc4c32)-c2sc3cc(/C=C4\C(=O)c6cc(F)c(F)cc6C4=C(C#N)C#N)sc3c2C5(c2ccc(CCCCCC)cc2)c2ccc(CCCCCC)cc2)cc1. The molecule has 0 saturated carbocycles. The molecule has 0 bridgehead atoms. The van der Waals surface area contributed by atoms with Crippen LogP contribution in [0.25, 0.3) is 71.0 Å². The number of unbranched alkanes of at least 4 members (excludes halogenated alkanes) is 12. The van der Waals surface area contributed by atoms with Crippen molar-refractivity contribution in [3.8, 4) is 43.8 Å². The number of allylic oxidation sites excluding steroid dienone is 6. The summed E-state index contributed by atoms with van der Waals surface area (Å²) in [5.41, 5.74) is 11.3. The van der Waals surface area contributed by atoms with Crippen molar-refractivity contribution in [3.63, 3.8) is 0 Å². The fraction of sp³-hybridized carbons (Fsp3) is 0.277. The van der Waals surface area contributed by atoms with Gasteiger partial charge in [-0.3, -0.25) is 9.59 Å². The highest BCUT2D eigenvalue weighted by Gasteiger charge is 2.57. The summed E-state index contributed by atoms with van der Waals surface area (Å²) < 4.78 is 66.9. The zero-order valence-corrected chi connectivity index (χ0v) is 66.5. The lowest BCUT2D eigenvalue weighted by molar-refractivity contribution is 0.103. The topological polar surface area (TPSA) is 129 Å². The molecule has 4 aliphatic rings. The van der Waals surface area contributed by atoms with Gasteiger partial charge in [0.15, 0.2) is 34.8 Å². The highest BCUT2D eigenvalue weighted by atomic mass is 32.1. The molecular weight excluding hydrogens is 1490 g/mol. The van der Waals surface area contributed by atoms with E-state index < -0.39 is 45.7 Å². The number of nitriles is 4.